The average Bonchev–Trinajstić information content (AvgIpc) is 2.77. The summed E-state index contributed by atoms with van der Waals surface area (Å²) in [7, 11) is 0. The number of rotatable bonds is 14. The molecule has 184 valence electrons. The second-order valence-electron chi connectivity index (χ2n) is 11.5. The molecule has 0 amide bonds. The Morgan fingerprint density at radius 3 is 1.79 bits per heavy atom. The highest BCUT2D eigenvalue weighted by Crippen LogP contribution is 2.30. The SMILES string of the molecule is C/C(=C\Cc1c(C)c(C)c2ccccc2c1C)CCC[C@H](C)CCC[C@H](C)CCCC(C)C. The summed E-state index contributed by atoms with van der Waals surface area (Å²) in [6.07, 6.45) is 16.0. The van der Waals surface area contributed by atoms with Crippen LogP contribution in [0, 0.1) is 38.5 Å². The van der Waals surface area contributed by atoms with Gasteiger partial charge in [0.2, 0.25) is 0 Å². The van der Waals surface area contributed by atoms with Gasteiger partial charge in [0.05, 0.1) is 0 Å². The first-order valence-electron chi connectivity index (χ1n) is 13.8. The third-order valence-corrected chi connectivity index (χ3v) is 8.00. The van der Waals surface area contributed by atoms with Crippen LogP contribution >= 0.6 is 0 Å². The van der Waals surface area contributed by atoms with Crippen molar-refractivity contribution in [2.75, 3.05) is 0 Å². The summed E-state index contributed by atoms with van der Waals surface area (Å²) in [5.41, 5.74) is 7.47. The van der Waals surface area contributed by atoms with Gasteiger partial charge in [-0.25, -0.2) is 0 Å². The Labute approximate surface area is 206 Å². The van der Waals surface area contributed by atoms with E-state index in [2.05, 4.69) is 85.7 Å². The first-order valence-corrected chi connectivity index (χ1v) is 13.8. The summed E-state index contributed by atoms with van der Waals surface area (Å²) in [5, 5.41) is 2.83. The normalized spacial score (nSPS) is 14.3. The van der Waals surface area contributed by atoms with Crippen molar-refractivity contribution in [2.24, 2.45) is 17.8 Å². The molecule has 0 aliphatic carbocycles. The summed E-state index contributed by atoms with van der Waals surface area (Å²) < 4.78 is 0. The molecule has 2 aromatic rings. The van der Waals surface area contributed by atoms with Crippen LogP contribution in [0.1, 0.15) is 115 Å². The van der Waals surface area contributed by atoms with Gasteiger partial charge in [0.1, 0.15) is 0 Å². The van der Waals surface area contributed by atoms with E-state index < -0.39 is 0 Å². The topological polar surface area (TPSA) is 0 Å². The summed E-state index contributed by atoms with van der Waals surface area (Å²) in [6, 6.07) is 8.88. The van der Waals surface area contributed by atoms with Gasteiger partial charge >= 0.3 is 0 Å². The van der Waals surface area contributed by atoms with Crippen LogP contribution in [-0.2, 0) is 6.42 Å². The molecule has 0 bridgehead atoms. The zero-order valence-corrected chi connectivity index (χ0v) is 23.2. The molecule has 0 saturated heterocycles. The van der Waals surface area contributed by atoms with E-state index >= 15 is 0 Å². The fourth-order valence-electron chi connectivity index (χ4n) is 5.40. The largest absolute Gasteiger partial charge is 0.0812 e. The van der Waals surface area contributed by atoms with E-state index in [1.807, 2.05) is 0 Å². The predicted octanol–water partition coefficient (Wildman–Crippen LogP) is 10.7. The third-order valence-electron chi connectivity index (χ3n) is 8.00. The minimum atomic E-state index is 0.861. The quantitative estimate of drug-likeness (QED) is 0.252. The van der Waals surface area contributed by atoms with Crippen molar-refractivity contribution in [3.05, 3.63) is 58.2 Å². The highest BCUT2D eigenvalue weighted by molar-refractivity contribution is 5.90. The Hall–Kier alpha value is -1.56. The number of hydrogen-bond acceptors (Lipinski definition) is 0. The number of hydrogen-bond donors (Lipinski definition) is 0. The van der Waals surface area contributed by atoms with E-state index in [-0.39, 0.29) is 0 Å². The van der Waals surface area contributed by atoms with Gasteiger partial charge in [-0.2, -0.15) is 0 Å². The van der Waals surface area contributed by atoms with Crippen molar-refractivity contribution < 1.29 is 0 Å². The molecule has 0 nitrogen and oxygen atoms in total. The molecule has 2 aromatic carbocycles. The second-order valence-corrected chi connectivity index (χ2v) is 11.5. The average molecular weight is 449 g/mol. The number of benzene rings is 2. The van der Waals surface area contributed by atoms with E-state index in [1.54, 1.807) is 5.57 Å². The van der Waals surface area contributed by atoms with Crippen LogP contribution in [0.15, 0.2) is 35.9 Å². The molecule has 0 radical (unpaired) electrons. The van der Waals surface area contributed by atoms with Crippen molar-refractivity contribution in [3.63, 3.8) is 0 Å². The van der Waals surface area contributed by atoms with Crippen molar-refractivity contribution in [1.29, 1.82) is 0 Å². The summed E-state index contributed by atoms with van der Waals surface area (Å²) in [4.78, 5) is 0. The van der Waals surface area contributed by atoms with Crippen LogP contribution in [0.3, 0.4) is 0 Å². The van der Waals surface area contributed by atoms with Gasteiger partial charge in [0.15, 0.2) is 0 Å². The molecule has 0 heterocycles. The minimum absolute atomic E-state index is 0.861. The molecule has 0 aliphatic rings. The van der Waals surface area contributed by atoms with Gasteiger partial charge in [0, 0.05) is 0 Å². The smallest absolute Gasteiger partial charge is 0.00893 e. The summed E-state index contributed by atoms with van der Waals surface area (Å²) in [5.74, 6) is 2.64. The lowest BCUT2D eigenvalue weighted by molar-refractivity contribution is 0.389. The summed E-state index contributed by atoms with van der Waals surface area (Å²) >= 11 is 0. The van der Waals surface area contributed by atoms with E-state index in [1.165, 1.54) is 90.8 Å². The van der Waals surface area contributed by atoms with Crippen LogP contribution in [0.4, 0.5) is 0 Å². The highest BCUT2D eigenvalue weighted by Gasteiger charge is 2.11. The number of fused-ring (bicyclic) bond motifs is 1. The standard InChI is InChI=1S/C33H52/c1-24(2)14-11-15-25(3)16-12-17-26(4)18-13-19-27(5)22-23-31-28(6)29(7)32-20-9-10-21-33(32)30(31)8/h9-10,20-22,24-26H,11-19,23H2,1-8H3/b27-22+/t25-,26-/m1/s1. The van der Waals surface area contributed by atoms with Crippen molar-refractivity contribution in [3.8, 4) is 0 Å². The Morgan fingerprint density at radius 1 is 0.697 bits per heavy atom. The lowest BCUT2D eigenvalue weighted by Crippen LogP contribution is -2.00. The molecule has 0 aliphatic heterocycles. The van der Waals surface area contributed by atoms with Gasteiger partial charge in [0.25, 0.3) is 0 Å². The van der Waals surface area contributed by atoms with Gasteiger partial charge in [-0.05, 0) is 97.7 Å². The summed E-state index contributed by atoms with van der Waals surface area (Å²) in [6.45, 7) is 18.8. The zero-order chi connectivity index (χ0) is 24.4. The minimum Gasteiger partial charge on any atom is -0.0812 e. The third kappa shape index (κ3) is 8.95. The fourth-order valence-corrected chi connectivity index (χ4v) is 5.40. The molecule has 33 heavy (non-hydrogen) atoms. The molecule has 0 aromatic heterocycles. The Kier molecular flexibility index (Phi) is 11.7. The molecule has 0 N–H and O–H groups in total. The monoisotopic (exact) mass is 448 g/mol. The van der Waals surface area contributed by atoms with Crippen LogP contribution < -0.4 is 0 Å². The Bertz CT molecular complexity index is 883. The molecule has 0 fully saturated rings. The molecule has 2 atom stereocenters. The molecular weight excluding hydrogens is 396 g/mol. The molecule has 0 unspecified atom stereocenters. The Morgan fingerprint density at radius 2 is 1.21 bits per heavy atom. The van der Waals surface area contributed by atoms with Gasteiger partial charge in [-0.1, -0.05) is 109 Å². The molecule has 0 spiro atoms. The molecule has 2 rings (SSSR count). The van der Waals surface area contributed by atoms with Gasteiger partial charge < -0.3 is 0 Å². The van der Waals surface area contributed by atoms with Crippen LogP contribution in [0.2, 0.25) is 0 Å². The number of aryl methyl sites for hydroxylation is 2. The maximum atomic E-state index is 2.49. The molecule has 0 saturated carbocycles. The van der Waals surface area contributed by atoms with Crippen molar-refractivity contribution in [2.45, 2.75) is 120 Å². The molecule has 0 heteroatoms. The maximum absolute atomic E-state index is 2.49. The first-order chi connectivity index (χ1) is 15.7. The van der Waals surface area contributed by atoms with Crippen LogP contribution in [0.5, 0.6) is 0 Å². The van der Waals surface area contributed by atoms with Crippen LogP contribution in [-0.4, -0.2) is 0 Å². The van der Waals surface area contributed by atoms with E-state index in [0.29, 0.717) is 0 Å². The van der Waals surface area contributed by atoms with Gasteiger partial charge in [-0.15, -0.1) is 0 Å². The predicted molar refractivity (Wildman–Crippen MR) is 150 cm³/mol. The lowest BCUT2D eigenvalue weighted by Gasteiger charge is -2.16. The number of allylic oxidation sites excluding steroid dienone is 2. The van der Waals surface area contributed by atoms with E-state index in [9.17, 15) is 0 Å². The van der Waals surface area contributed by atoms with E-state index in [0.717, 1.165) is 24.2 Å². The van der Waals surface area contributed by atoms with Crippen molar-refractivity contribution in [1.82, 2.24) is 0 Å². The van der Waals surface area contributed by atoms with Gasteiger partial charge in [-0.3, -0.25) is 0 Å². The van der Waals surface area contributed by atoms with E-state index in [4.69, 9.17) is 0 Å². The lowest BCUT2D eigenvalue weighted by atomic mass is 9.89. The maximum Gasteiger partial charge on any atom is -0.00893 e. The molecular formula is C33H52. The first kappa shape index (κ1) is 27.7. The second kappa shape index (κ2) is 14.0. The van der Waals surface area contributed by atoms with Crippen molar-refractivity contribution >= 4 is 10.8 Å². The highest BCUT2D eigenvalue weighted by atomic mass is 14.2. The Balaban J connectivity index is 1.75. The van der Waals surface area contributed by atoms with Crippen LogP contribution in [0.25, 0.3) is 10.8 Å². The zero-order valence-electron chi connectivity index (χ0n) is 23.2. The fraction of sp³-hybridized carbons (Fsp3) is 0.636.